The minimum atomic E-state index is -1.23. The van der Waals surface area contributed by atoms with Gasteiger partial charge in [-0.05, 0) is 22.3 Å². The van der Waals surface area contributed by atoms with Gasteiger partial charge in [0.15, 0.2) is 0 Å². The third-order valence-corrected chi connectivity index (χ3v) is 5.36. The Balaban J connectivity index is 1.43. The lowest BCUT2D eigenvalue weighted by atomic mass is 9.98. The number of ether oxygens (including phenoxy) is 1. The van der Waals surface area contributed by atoms with Gasteiger partial charge in [-0.1, -0.05) is 48.5 Å². The number of hydrogen-bond acceptors (Lipinski definition) is 6. The van der Waals surface area contributed by atoms with E-state index < -0.39 is 36.5 Å². The van der Waals surface area contributed by atoms with Crippen molar-refractivity contribution >= 4 is 36.5 Å². The molecule has 0 bridgehead atoms. The molecule has 0 radical (unpaired) electrons. The normalized spacial score (nSPS) is 12.8. The highest BCUT2D eigenvalue weighted by atomic mass is 32.1. The van der Waals surface area contributed by atoms with E-state index in [9.17, 15) is 19.2 Å². The standard InChI is InChI=1S/C22H23N3O6S/c26-19(23-10-20(27)25-18(12-32)21(28)29)9-24-22(30)31-11-17-15-7-3-1-5-13(15)14-6-2-4-8-16(14)17/h1-8,17-18,32H,9-12H2,(H,23,26)(H,24,30)(H,25,27)(H,28,29)/t18-/m0/s1. The summed E-state index contributed by atoms with van der Waals surface area (Å²) in [7, 11) is 0. The van der Waals surface area contributed by atoms with E-state index in [1.807, 2.05) is 48.5 Å². The van der Waals surface area contributed by atoms with Gasteiger partial charge in [-0.15, -0.1) is 0 Å². The molecular weight excluding hydrogens is 434 g/mol. The molecule has 0 saturated carbocycles. The molecule has 0 saturated heterocycles. The minimum absolute atomic E-state index is 0.0850. The van der Waals surface area contributed by atoms with Crippen LogP contribution >= 0.6 is 12.6 Å². The summed E-state index contributed by atoms with van der Waals surface area (Å²) in [5.41, 5.74) is 4.37. The van der Waals surface area contributed by atoms with Gasteiger partial charge < -0.3 is 25.8 Å². The van der Waals surface area contributed by atoms with Crippen LogP contribution in [0.1, 0.15) is 17.0 Å². The average Bonchev–Trinajstić information content (AvgIpc) is 3.12. The van der Waals surface area contributed by atoms with Gasteiger partial charge in [-0.25, -0.2) is 9.59 Å². The van der Waals surface area contributed by atoms with Crippen molar-refractivity contribution in [3.05, 3.63) is 59.7 Å². The maximum atomic E-state index is 12.1. The maximum Gasteiger partial charge on any atom is 0.407 e. The van der Waals surface area contributed by atoms with Crippen molar-refractivity contribution in [3.8, 4) is 11.1 Å². The first-order chi connectivity index (χ1) is 15.4. The fraction of sp³-hybridized carbons (Fsp3) is 0.273. The van der Waals surface area contributed by atoms with E-state index in [1.54, 1.807) is 0 Å². The highest BCUT2D eigenvalue weighted by Gasteiger charge is 2.29. The first-order valence-corrected chi connectivity index (χ1v) is 10.5. The second-order valence-electron chi connectivity index (χ2n) is 7.10. The van der Waals surface area contributed by atoms with Gasteiger partial charge in [-0.3, -0.25) is 9.59 Å². The summed E-state index contributed by atoms with van der Waals surface area (Å²) in [4.78, 5) is 46.4. The van der Waals surface area contributed by atoms with Crippen molar-refractivity contribution in [3.63, 3.8) is 0 Å². The number of aliphatic carboxylic acids is 1. The van der Waals surface area contributed by atoms with E-state index in [0.29, 0.717) is 0 Å². The van der Waals surface area contributed by atoms with Crippen LogP contribution in [0.2, 0.25) is 0 Å². The average molecular weight is 458 g/mol. The smallest absolute Gasteiger partial charge is 0.407 e. The monoisotopic (exact) mass is 457 g/mol. The van der Waals surface area contributed by atoms with Crippen LogP contribution in [0.5, 0.6) is 0 Å². The lowest BCUT2D eigenvalue weighted by molar-refractivity contribution is -0.141. The van der Waals surface area contributed by atoms with E-state index in [-0.39, 0.29) is 24.8 Å². The van der Waals surface area contributed by atoms with Crippen LogP contribution in [-0.2, 0) is 19.1 Å². The molecule has 10 heteroatoms. The zero-order chi connectivity index (χ0) is 23.1. The Kier molecular flexibility index (Phi) is 7.72. The minimum Gasteiger partial charge on any atom is -0.480 e. The lowest BCUT2D eigenvalue weighted by Gasteiger charge is -2.15. The molecule has 1 atom stereocenters. The molecule has 0 aromatic heterocycles. The third kappa shape index (κ3) is 5.58. The van der Waals surface area contributed by atoms with Crippen molar-refractivity contribution in [1.29, 1.82) is 0 Å². The molecule has 9 nitrogen and oxygen atoms in total. The van der Waals surface area contributed by atoms with Crippen molar-refractivity contribution in [2.24, 2.45) is 0 Å². The Bertz CT molecular complexity index is 983. The number of benzene rings is 2. The highest BCUT2D eigenvalue weighted by Crippen LogP contribution is 2.44. The molecule has 0 spiro atoms. The second kappa shape index (κ2) is 10.7. The quantitative estimate of drug-likeness (QED) is 0.359. The summed E-state index contributed by atoms with van der Waals surface area (Å²) in [6.45, 7) is -0.703. The summed E-state index contributed by atoms with van der Waals surface area (Å²) >= 11 is 3.83. The van der Waals surface area contributed by atoms with E-state index in [2.05, 4.69) is 28.6 Å². The van der Waals surface area contributed by atoms with E-state index in [1.165, 1.54) is 0 Å². The Morgan fingerprint density at radius 3 is 2.03 bits per heavy atom. The van der Waals surface area contributed by atoms with Gasteiger partial charge in [0.05, 0.1) is 6.54 Å². The van der Waals surface area contributed by atoms with Gasteiger partial charge in [0.25, 0.3) is 0 Å². The van der Waals surface area contributed by atoms with Gasteiger partial charge in [0.2, 0.25) is 11.8 Å². The lowest BCUT2D eigenvalue weighted by Crippen LogP contribution is -2.47. The fourth-order valence-corrected chi connectivity index (χ4v) is 3.72. The van der Waals surface area contributed by atoms with Gasteiger partial charge >= 0.3 is 12.1 Å². The predicted molar refractivity (Wildman–Crippen MR) is 120 cm³/mol. The topological polar surface area (TPSA) is 134 Å². The van der Waals surface area contributed by atoms with E-state index >= 15 is 0 Å². The fourth-order valence-electron chi connectivity index (χ4n) is 3.47. The van der Waals surface area contributed by atoms with Crippen LogP contribution in [0, 0.1) is 0 Å². The first kappa shape index (κ1) is 23.1. The molecule has 0 fully saturated rings. The van der Waals surface area contributed by atoms with E-state index in [4.69, 9.17) is 9.84 Å². The SMILES string of the molecule is O=C(CNC(=O)OCC1c2ccccc2-c2ccccc21)NCC(=O)N[C@@H](CS)C(=O)O. The molecule has 3 amide bonds. The number of carboxylic acids is 1. The summed E-state index contributed by atoms with van der Waals surface area (Å²) < 4.78 is 5.33. The summed E-state index contributed by atoms with van der Waals surface area (Å²) in [5, 5.41) is 15.7. The summed E-state index contributed by atoms with van der Waals surface area (Å²) in [6, 6.07) is 14.7. The van der Waals surface area contributed by atoms with Gasteiger partial charge in [-0.2, -0.15) is 12.6 Å². The molecule has 1 aliphatic carbocycles. The van der Waals surface area contributed by atoms with Gasteiger partial charge in [0, 0.05) is 11.7 Å². The van der Waals surface area contributed by atoms with Crippen molar-refractivity contribution < 1.29 is 29.0 Å². The molecule has 32 heavy (non-hydrogen) atoms. The molecule has 0 aliphatic heterocycles. The number of carboxylic acid groups (broad SMARTS) is 1. The highest BCUT2D eigenvalue weighted by molar-refractivity contribution is 7.80. The number of nitrogens with one attached hydrogen (secondary N) is 3. The summed E-state index contributed by atoms with van der Waals surface area (Å²) in [5.74, 6) is -2.71. The first-order valence-electron chi connectivity index (χ1n) is 9.89. The molecule has 1 aliphatic rings. The number of thiol groups is 1. The molecular formula is C22H23N3O6S. The number of rotatable bonds is 9. The summed E-state index contributed by atoms with van der Waals surface area (Å²) in [6.07, 6.45) is -0.757. The maximum absolute atomic E-state index is 12.1. The number of hydrogen-bond donors (Lipinski definition) is 5. The molecule has 2 aromatic rings. The Morgan fingerprint density at radius 2 is 1.47 bits per heavy atom. The zero-order valence-corrected chi connectivity index (χ0v) is 17.9. The third-order valence-electron chi connectivity index (χ3n) is 5.00. The molecule has 0 heterocycles. The Labute approximate surface area is 189 Å². The van der Waals surface area contributed by atoms with Crippen molar-refractivity contribution in [2.45, 2.75) is 12.0 Å². The Morgan fingerprint density at radius 1 is 0.906 bits per heavy atom. The van der Waals surface area contributed by atoms with Crippen LogP contribution in [0.25, 0.3) is 11.1 Å². The number of fused-ring (bicyclic) bond motifs is 3. The van der Waals surface area contributed by atoms with Crippen LogP contribution in [0.15, 0.2) is 48.5 Å². The number of amides is 3. The van der Waals surface area contributed by atoms with Gasteiger partial charge in [0.1, 0.15) is 19.2 Å². The van der Waals surface area contributed by atoms with E-state index in [0.717, 1.165) is 22.3 Å². The zero-order valence-electron chi connectivity index (χ0n) is 17.0. The van der Waals surface area contributed by atoms with Crippen LogP contribution < -0.4 is 16.0 Å². The number of carbonyl (C=O) groups excluding carboxylic acids is 3. The molecule has 0 unspecified atom stereocenters. The molecule has 3 rings (SSSR count). The largest absolute Gasteiger partial charge is 0.480 e. The molecule has 4 N–H and O–H groups in total. The van der Waals surface area contributed by atoms with Crippen molar-refractivity contribution in [2.75, 3.05) is 25.4 Å². The van der Waals surface area contributed by atoms with Crippen LogP contribution in [0.3, 0.4) is 0 Å². The number of carbonyl (C=O) groups is 4. The van der Waals surface area contributed by atoms with Crippen LogP contribution in [0.4, 0.5) is 4.79 Å². The second-order valence-corrected chi connectivity index (χ2v) is 7.46. The molecule has 168 valence electrons. The number of alkyl carbamates (subject to hydrolysis) is 1. The van der Waals surface area contributed by atoms with Crippen LogP contribution in [-0.4, -0.2) is 60.5 Å². The van der Waals surface area contributed by atoms with Crippen molar-refractivity contribution in [1.82, 2.24) is 16.0 Å². The molecule has 2 aromatic carbocycles. The Hall–Kier alpha value is -3.53. The predicted octanol–water partition coefficient (Wildman–Crippen LogP) is 1.14.